The normalized spacial score (nSPS) is 11.5. The third kappa shape index (κ3) is 3.32. The highest BCUT2D eigenvalue weighted by Crippen LogP contribution is 2.34. The lowest BCUT2D eigenvalue weighted by molar-refractivity contribution is -0.137. The van der Waals surface area contributed by atoms with Crippen molar-refractivity contribution in [1.82, 2.24) is 9.97 Å². The Kier molecular flexibility index (Phi) is 4.06. The van der Waals surface area contributed by atoms with E-state index >= 15 is 0 Å². The monoisotopic (exact) mass is 321 g/mol. The van der Waals surface area contributed by atoms with Gasteiger partial charge in [0.05, 0.1) is 16.3 Å². The fourth-order valence-electron chi connectivity index (χ4n) is 1.47. The number of rotatable bonds is 2. The summed E-state index contributed by atoms with van der Waals surface area (Å²) in [6, 6.07) is 3.02. The number of hydrogen-bond donors (Lipinski definition) is 1. The molecule has 0 aliphatic carbocycles. The molecule has 1 aromatic carbocycles. The van der Waals surface area contributed by atoms with Crippen molar-refractivity contribution in [2.75, 3.05) is 5.32 Å². The molecule has 0 amide bonds. The molecule has 0 unspecified atom stereocenters. The van der Waals surface area contributed by atoms with Crippen molar-refractivity contribution in [3.63, 3.8) is 0 Å². The van der Waals surface area contributed by atoms with E-state index in [4.69, 9.17) is 23.2 Å². The Morgan fingerprint density at radius 3 is 2.50 bits per heavy atom. The minimum Gasteiger partial charge on any atom is -0.339 e. The van der Waals surface area contributed by atoms with E-state index < -0.39 is 11.7 Å². The zero-order valence-electron chi connectivity index (χ0n) is 10.1. The number of halogens is 5. The Hall–Kier alpha value is -1.53. The van der Waals surface area contributed by atoms with E-state index in [0.717, 1.165) is 12.1 Å². The lowest BCUT2D eigenvalue weighted by Crippen LogP contribution is -2.05. The molecule has 0 atom stereocenters. The number of alkyl halides is 3. The van der Waals surface area contributed by atoms with Crippen molar-refractivity contribution in [3.05, 3.63) is 45.8 Å². The summed E-state index contributed by atoms with van der Waals surface area (Å²) < 4.78 is 37.6. The lowest BCUT2D eigenvalue weighted by atomic mass is 10.2. The van der Waals surface area contributed by atoms with Gasteiger partial charge in [0.1, 0.15) is 5.82 Å². The zero-order chi connectivity index (χ0) is 14.9. The van der Waals surface area contributed by atoms with Gasteiger partial charge in [0.15, 0.2) is 0 Å². The highest BCUT2D eigenvalue weighted by atomic mass is 35.5. The molecule has 1 N–H and O–H groups in total. The van der Waals surface area contributed by atoms with Gasteiger partial charge in [-0.1, -0.05) is 11.6 Å². The standard InChI is InChI=1S/C12H8Cl2F3N3/c1-6-5-18-11(14)20-10(6)19-9-3-2-7(4-8(9)13)12(15,16)17/h2-5H,1H3,(H,18,19,20). The number of hydrogen-bond acceptors (Lipinski definition) is 3. The largest absolute Gasteiger partial charge is 0.416 e. The molecule has 1 aromatic heterocycles. The summed E-state index contributed by atoms with van der Waals surface area (Å²) in [4.78, 5) is 7.73. The molecule has 0 aliphatic rings. The minimum atomic E-state index is -4.43. The summed E-state index contributed by atoms with van der Waals surface area (Å²) in [5.74, 6) is 0.381. The van der Waals surface area contributed by atoms with Crippen LogP contribution in [0.5, 0.6) is 0 Å². The SMILES string of the molecule is Cc1cnc(Cl)nc1Nc1ccc(C(F)(F)F)cc1Cl. The Bertz CT molecular complexity index is 644. The van der Waals surface area contributed by atoms with Crippen LogP contribution in [0.3, 0.4) is 0 Å². The fourth-order valence-corrected chi connectivity index (χ4v) is 1.83. The Labute approximate surface area is 122 Å². The minimum absolute atomic E-state index is 0.0288. The maximum Gasteiger partial charge on any atom is 0.416 e. The Balaban J connectivity index is 2.33. The number of nitrogens with one attached hydrogen (secondary N) is 1. The number of aromatic nitrogens is 2. The van der Waals surface area contributed by atoms with Crippen molar-refractivity contribution in [3.8, 4) is 0 Å². The topological polar surface area (TPSA) is 37.8 Å². The smallest absolute Gasteiger partial charge is 0.339 e. The van der Waals surface area contributed by atoms with Crippen molar-refractivity contribution in [2.45, 2.75) is 13.1 Å². The number of aryl methyl sites for hydroxylation is 1. The summed E-state index contributed by atoms with van der Waals surface area (Å²) in [6.45, 7) is 1.73. The van der Waals surface area contributed by atoms with Gasteiger partial charge in [-0.25, -0.2) is 9.97 Å². The lowest BCUT2D eigenvalue weighted by Gasteiger charge is -2.12. The van der Waals surface area contributed by atoms with Gasteiger partial charge in [-0.3, -0.25) is 0 Å². The third-order valence-electron chi connectivity index (χ3n) is 2.49. The molecular weight excluding hydrogens is 314 g/mol. The average molecular weight is 322 g/mol. The zero-order valence-corrected chi connectivity index (χ0v) is 11.6. The van der Waals surface area contributed by atoms with Gasteiger partial charge in [-0.15, -0.1) is 0 Å². The van der Waals surface area contributed by atoms with Crippen LogP contribution in [0.2, 0.25) is 10.3 Å². The summed E-state index contributed by atoms with van der Waals surface area (Å²) in [5, 5.41) is 2.79. The van der Waals surface area contributed by atoms with Gasteiger partial charge >= 0.3 is 6.18 Å². The van der Waals surface area contributed by atoms with Gasteiger partial charge in [-0.05, 0) is 36.7 Å². The van der Waals surface area contributed by atoms with E-state index in [1.165, 1.54) is 12.3 Å². The van der Waals surface area contributed by atoms with Gasteiger partial charge < -0.3 is 5.32 Å². The highest BCUT2D eigenvalue weighted by molar-refractivity contribution is 6.33. The van der Waals surface area contributed by atoms with E-state index in [9.17, 15) is 13.2 Å². The molecule has 106 valence electrons. The quantitative estimate of drug-likeness (QED) is 0.803. The molecule has 20 heavy (non-hydrogen) atoms. The van der Waals surface area contributed by atoms with Crippen molar-refractivity contribution in [2.24, 2.45) is 0 Å². The number of nitrogens with zero attached hydrogens (tertiary/aromatic N) is 2. The molecular formula is C12H8Cl2F3N3. The van der Waals surface area contributed by atoms with Crippen LogP contribution in [-0.4, -0.2) is 9.97 Å². The molecule has 0 bridgehead atoms. The summed E-state index contributed by atoms with van der Waals surface area (Å²) in [6.07, 6.45) is -2.94. The van der Waals surface area contributed by atoms with Crippen molar-refractivity contribution < 1.29 is 13.2 Å². The van der Waals surface area contributed by atoms with Gasteiger partial charge in [-0.2, -0.15) is 13.2 Å². The number of benzene rings is 1. The maximum atomic E-state index is 12.5. The van der Waals surface area contributed by atoms with E-state index in [-0.39, 0.29) is 10.3 Å². The molecule has 0 saturated carbocycles. The second kappa shape index (κ2) is 5.46. The first-order chi connectivity index (χ1) is 9.27. The van der Waals surface area contributed by atoms with Crippen molar-refractivity contribution >= 4 is 34.7 Å². The molecule has 2 aromatic rings. The first-order valence-electron chi connectivity index (χ1n) is 5.40. The average Bonchev–Trinajstić information content (AvgIpc) is 2.35. The third-order valence-corrected chi connectivity index (χ3v) is 2.99. The Morgan fingerprint density at radius 2 is 1.90 bits per heavy atom. The molecule has 0 aliphatic heterocycles. The maximum absolute atomic E-state index is 12.5. The molecule has 3 nitrogen and oxygen atoms in total. The molecule has 0 radical (unpaired) electrons. The van der Waals surface area contributed by atoms with Crippen LogP contribution in [0, 0.1) is 6.92 Å². The second-order valence-electron chi connectivity index (χ2n) is 3.99. The van der Waals surface area contributed by atoms with Crippen LogP contribution < -0.4 is 5.32 Å². The van der Waals surface area contributed by atoms with Crippen LogP contribution in [0.25, 0.3) is 0 Å². The van der Waals surface area contributed by atoms with E-state index in [1.807, 2.05) is 0 Å². The molecule has 1 heterocycles. The molecule has 0 spiro atoms. The molecule has 0 fully saturated rings. The van der Waals surface area contributed by atoms with Gasteiger partial charge in [0.2, 0.25) is 5.28 Å². The molecule has 2 rings (SSSR count). The van der Waals surface area contributed by atoms with Crippen LogP contribution in [-0.2, 0) is 6.18 Å². The summed E-state index contributed by atoms with van der Waals surface area (Å²) >= 11 is 11.5. The van der Waals surface area contributed by atoms with E-state index in [2.05, 4.69) is 15.3 Å². The Morgan fingerprint density at radius 1 is 1.20 bits per heavy atom. The fraction of sp³-hybridized carbons (Fsp3) is 0.167. The van der Waals surface area contributed by atoms with Crippen LogP contribution in [0.15, 0.2) is 24.4 Å². The molecule has 8 heteroatoms. The highest BCUT2D eigenvalue weighted by Gasteiger charge is 2.30. The van der Waals surface area contributed by atoms with E-state index in [1.54, 1.807) is 6.92 Å². The summed E-state index contributed by atoms with van der Waals surface area (Å²) in [5.41, 5.74) is 0.174. The van der Waals surface area contributed by atoms with Crippen LogP contribution in [0.1, 0.15) is 11.1 Å². The second-order valence-corrected chi connectivity index (χ2v) is 4.73. The number of anilines is 2. The van der Waals surface area contributed by atoms with Crippen LogP contribution in [0.4, 0.5) is 24.7 Å². The van der Waals surface area contributed by atoms with Gasteiger partial charge in [0, 0.05) is 11.8 Å². The summed E-state index contributed by atoms with van der Waals surface area (Å²) in [7, 11) is 0. The molecule has 0 saturated heterocycles. The van der Waals surface area contributed by atoms with Crippen LogP contribution >= 0.6 is 23.2 Å². The van der Waals surface area contributed by atoms with Gasteiger partial charge in [0.25, 0.3) is 0 Å². The predicted molar refractivity (Wildman–Crippen MR) is 71.5 cm³/mol. The first kappa shape index (κ1) is 14.9. The van der Waals surface area contributed by atoms with E-state index in [0.29, 0.717) is 17.1 Å². The first-order valence-corrected chi connectivity index (χ1v) is 6.16. The van der Waals surface area contributed by atoms with Crippen molar-refractivity contribution in [1.29, 1.82) is 0 Å². The predicted octanol–water partition coefficient (Wildman–Crippen LogP) is 4.85.